The molecule has 0 bridgehead atoms. The van der Waals surface area contributed by atoms with Gasteiger partial charge in [-0.25, -0.2) is 0 Å². The number of ether oxygens (including phenoxy) is 3. The number of likely N-dealkylation sites (tertiary alicyclic amines) is 1. The first-order valence-electron chi connectivity index (χ1n) is 11.0. The highest BCUT2D eigenvalue weighted by atomic mass is 16.5. The van der Waals surface area contributed by atoms with Gasteiger partial charge in [-0.15, -0.1) is 0 Å². The van der Waals surface area contributed by atoms with E-state index in [1.807, 2.05) is 6.07 Å². The van der Waals surface area contributed by atoms with E-state index in [0.717, 1.165) is 19.3 Å². The topological polar surface area (TPSA) is 97.4 Å². The van der Waals surface area contributed by atoms with Gasteiger partial charge >= 0.3 is 0 Å². The minimum Gasteiger partial charge on any atom is -0.493 e. The van der Waals surface area contributed by atoms with Crippen molar-refractivity contribution in [2.24, 2.45) is 0 Å². The van der Waals surface area contributed by atoms with E-state index in [0.29, 0.717) is 41.7 Å². The summed E-state index contributed by atoms with van der Waals surface area (Å²) in [5.74, 6) is 0.723. The van der Waals surface area contributed by atoms with Crippen molar-refractivity contribution < 1.29 is 28.6 Å². The molecule has 0 atom stereocenters. The fraction of sp³-hybridized carbons (Fsp3) is 0.375. The van der Waals surface area contributed by atoms with Crippen LogP contribution in [0.2, 0.25) is 0 Å². The summed E-state index contributed by atoms with van der Waals surface area (Å²) < 4.78 is 16.3. The summed E-state index contributed by atoms with van der Waals surface area (Å²) in [5, 5.41) is 2.76. The molecular weight excluding hydrogens is 426 g/mol. The maximum Gasteiger partial charge on any atom is 0.265 e. The van der Waals surface area contributed by atoms with E-state index < -0.39 is 0 Å². The molecular formula is C24H27N3O6. The summed E-state index contributed by atoms with van der Waals surface area (Å²) in [7, 11) is 1.53. The first kappa shape index (κ1) is 22.4. The van der Waals surface area contributed by atoms with E-state index in [4.69, 9.17) is 14.2 Å². The third-order valence-electron chi connectivity index (χ3n) is 5.62. The lowest BCUT2D eigenvalue weighted by molar-refractivity contribution is -0.132. The Morgan fingerprint density at radius 3 is 2.58 bits per heavy atom. The maximum atomic E-state index is 12.8. The zero-order valence-electron chi connectivity index (χ0n) is 18.5. The summed E-state index contributed by atoms with van der Waals surface area (Å²) in [6, 6.07) is 12.0. The molecule has 9 nitrogen and oxygen atoms in total. The van der Waals surface area contributed by atoms with E-state index in [9.17, 15) is 14.4 Å². The average Bonchev–Trinajstić information content (AvgIpc) is 2.85. The molecule has 33 heavy (non-hydrogen) atoms. The van der Waals surface area contributed by atoms with Crippen LogP contribution in [0.3, 0.4) is 0 Å². The van der Waals surface area contributed by atoms with Crippen molar-refractivity contribution >= 4 is 29.1 Å². The molecule has 2 heterocycles. The first-order chi connectivity index (χ1) is 16.0. The molecule has 0 aliphatic carbocycles. The number of benzene rings is 2. The smallest absolute Gasteiger partial charge is 0.265 e. The molecule has 0 unspecified atom stereocenters. The molecule has 0 aromatic heterocycles. The second-order valence-electron chi connectivity index (χ2n) is 7.88. The van der Waals surface area contributed by atoms with E-state index in [-0.39, 0.29) is 37.5 Å². The van der Waals surface area contributed by atoms with Crippen LogP contribution in [0.15, 0.2) is 42.5 Å². The molecule has 0 saturated carbocycles. The lowest BCUT2D eigenvalue weighted by Gasteiger charge is -2.33. The molecule has 4 rings (SSSR count). The molecule has 2 aromatic rings. The van der Waals surface area contributed by atoms with Crippen LogP contribution in [0.5, 0.6) is 17.2 Å². The van der Waals surface area contributed by atoms with Gasteiger partial charge in [-0.1, -0.05) is 12.1 Å². The van der Waals surface area contributed by atoms with Crippen molar-refractivity contribution in [1.82, 2.24) is 4.90 Å². The number of carbonyl (C=O) groups is 3. The van der Waals surface area contributed by atoms with Gasteiger partial charge in [0.05, 0.1) is 12.8 Å². The van der Waals surface area contributed by atoms with Crippen molar-refractivity contribution in [2.75, 3.05) is 50.2 Å². The quantitative estimate of drug-likeness (QED) is 0.692. The van der Waals surface area contributed by atoms with Gasteiger partial charge in [0.2, 0.25) is 5.91 Å². The van der Waals surface area contributed by atoms with Gasteiger partial charge in [0.25, 0.3) is 11.8 Å². The number of amides is 3. The molecule has 1 N–H and O–H groups in total. The number of para-hydroxylation sites is 2. The number of anilines is 2. The Morgan fingerprint density at radius 2 is 1.82 bits per heavy atom. The Kier molecular flexibility index (Phi) is 6.97. The van der Waals surface area contributed by atoms with Crippen LogP contribution in [0, 0.1) is 0 Å². The monoisotopic (exact) mass is 453 g/mol. The molecule has 3 amide bonds. The van der Waals surface area contributed by atoms with Crippen molar-refractivity contribution in [1.29, 1.82) is 0 Å². The van der Waals surface area contributed by atoms with Crippen molar-refractivity contribution in [3.8, 4) is 17.2 Å². The number of fused-ring (bicyclic) bond motifs is 1. The second kappa shape index (κ2) is 10.2. The molecule has 1 saturated heterocycles. The van der Waals surface area contributed by atoms with E-state index in [1.54, 1.807) is 41.3 Å². The normalized spacial score (nSPS) is 15.4. The summed E-state index contributed by atoms with van der Waals surface area (Å²) in [5.41, 5.74) is 0.927. The van der Waals surface area contributed by atoms with Crippen LogP contribution in [0.1, 0.15) is 19.3 Å². The molecule has 2 aromatic carbocycles. The number of piperidine rings is 1. The lowest BCUT2D eigenvalue weighted by Crippen LogP contribution is -2.47. The SMILES string of the molecule is COc1ccccc1OCC(=O)Nc1ccc2c(c1)N(CC(=O)N1CCCCC1)C(=O)CO2. The average molecular weight is 453 g/mol. The van der Waals surface area contributed by atoms with E-state index >= 15 is 0 Å². The number of methoxy groups -OCH3 is 1. The number of nitrogens with one attached hydrogen (secondary N) is 1. The van der Waals surface area contributed by atoms with Crippen LogP contribution in [-0.2, 0) is 14.4 Å². The molecule has 9 heteroatoms. The highest BCUT2D eigenvalue weighted by Gasteiger charge is 2.29. The van der Waals surface area contributed by atoms with Crippen LogP contribution in [-0.4, -0.2) is 62.6 Å². The van der Waals surface area contributed by atoms with Crippen molar-refractivity contribution in [2.45, 2.75) is 19.3 Å². The van der Waals surface area contributed by atoms with Crippen molar-refractivity contribution in [3.63, 3.8) is 0 Å². The zero-order valence-corrected chi connectivity index (χ0v) is 18.5. The predicted molar refractivity (Wildman–Crippen MR) is 122 cm³/mol. The second-order valence-corrected chi connectivity index (χ2v) is 7.88. The van der Waals surface area contributed by atoms with Gasteiger partial charge in [-0.3, -0.25) is 19.3 Å². The van der Waals surface area contributed by atoms with Gasteiger partial charge in [0.1, 0.15) is 12.3 Å². The number of hydrogen-bond donors (Lipinski definition) is 1. The standard InChI is InChI=1S/C24H27N3O6/c1-31-20-7-3-4-8-21(20)32-15-22(28)25-17-9-10-19-18(13-17)27(24(30)16-33-19)14-23(29)26-11-5-2-6-12-26/h3-4,7-10,13H,2,5-6,11-12,14-16H2,1H3,(H,25,28). The summed E-state index contributed by atoms with van der Waals surface area (Å²) in [4.78, 5) is 41.0. The largest absolute Gasteiger partial charge is 0.493 e. The lowest BCUT2D eigenvalue weighted by atomic mass is 10.1. The van der Waals surface area contributed by atoms with Gasteiger partial charge in [0, 0.05) is 18.8 Å². The van der Waals surface area contributed by atoms with Crippen LogP contribution < -0.4 is 24.4 Å². The maximum absolute atomic E-state index is 12.8. The number of hydrogen-bond acceptors (Lipinski definition) is 6. The summed E-state index contributed by atoms with van der Waals surface area (Å²) in [6.07, 6.45) is 3.08. The zero-order chi connectivity index (χ0) is 23.2. The molecule has 0 spiro atoms. The van der Waals surface area contributed by atoms with Gasteiger partial charge < -0.3 is 24.4 Å². The van der Waals surface area contributed by atoms with Gasteiger partial charge in [0.15, 0.2) is 24.7 Å². The predicted octanol–water partition coefficient (Wildman–Crippen LogP) is 2.45. The highest BCUT2D eigenvalue weighted by molar-refractivity contribution is 6.03. The van der Waals surface area contributed by atoms with Crippen molar-refractivity contribution in [3.05, 3.63) is 42.5 Å². The number of carbonyl (C=O) groups excluding carboxylic acids is 3. The summed E-state index contributed by atoms with van der Waals surface area (Å²) >= 11 is 0. The molecule has 1 fully saturated rings. The van der Waals surface area contributed by atoms with Crippen LogP contribution >= 0.6 is 0 Å². The Labute approximate surface area is 192 Å². The molecule has 174 valence electrons. The third kappa shape index (κ3) is 5.36. The number of nitrogens with zero attached hydrogens (tertiary/aromatic N) is 2. The van der Waals surface area contributed by atoms with Gasteiger partial charge in [-0.05, 0) is 49.6 Å². The molecule has 2 aliphatic heterocycles. The summed E-state index contributed by atoms with van der Waals surface area (Å²) in [6.45, 7) is 1.03. The van der Waals surface area contributed by atoms with E-state index in [2.05, 4.69) is 5.32 Å². The Hall–Kier alpha value is -3.75. The number of rotatable bonds is 7. The fourth-order valence-electron chi connectivity index (χ4n) is 3.91. The fourth-order valence-corrected chi connectivity index (χ4v) is 3.91. The van der Waals surface area contributed by atoms with Gasteiger partial charge in [-0.2, -0.15) is 0 Å². The van der Waals surface area contributed by atoms with Crippen LogP contribution in [0.25, 0.3) is 0 Å². The van der Waals surface area contributed by atoms with E-state index in [1.165, 1.54) is 12.0 Å². The minimum absolute atomic E-state index is 0.0521. The van der Waals surface area contributed by atoms with Crippen LogP contribution in [0.4, 0.5) is 11.4 Å². The minimum atomic E-state index is -0.375. The molecule has 0 radical (unpaired) electrons. The first-order valence-corrected chi connectivity index (χ1v) is 11.0. The third-order valence-corrected chi connectivity index (χ3v) is 5.62. The highest BCUT2D eigenvalue weighted by Crippen LogP contribution is 2.35. The Balaban J connectivity index is 1.43. The molecule has 2 aliphatic rings. The Bertz CT molecular complexity index is 1030. The Morgan fingerprint density at radius 1 is 1.06 bits per heavy atom.